The summed E-state index contributed by atoms with van der Waals surface area (Å²) in [5, 5.41) is 26.3. The lowest BCUT2D eigenvalue weighted by molar-refractivity contribution is -0.115. The molecule has 0 spiro atoms. The number of carbonyl (C=O) groups excluding carboxylic acids is 1. The predicted octanol–water partition coefficient (Wildman–Crippen LogP) is 4.31. The third-order valence-corrected chi connectivity index (χ3v) is 9.04. The summed E-state index contributed by atoms with van der Waals surface area (Å²) >= 11 is 0. The molecule has 0 radical (unpaired) electrons. The van der Waals surface area contributed by atoms with Gasteiger partial charge in [0, 0.05) is 49.1 Å². The number of nitrogens with one attached hydrogen (secondary N) is 1. The quantitative estimate of drug-likeness (QED) is 0.488. The SMILES string of the molecule is CN(c1ccc(-c2ccc(-c3cnn(C4CCCCO4)c3)c3c2NC(=O)C3)nn1)C1CC2CCC(C1)N2C(=O)O. The van der Waals surface area contributed by atoms with E-state index in [1.807, 2.05) is 48.4 Å². The zero-order chi connectivity index (χ0) is 27.4. The number of carbonyl (C=O) groups is 2. The topological polar surface area (TPSA) is 126 Å². The molecular weight excluding hydrogens is 510 g/mol. The van der Waals surface area contributed by atoms with E-state index in [2.05, 4.69) is 25.5 Å². The van der Waals surface area contributed by atoms with Crippen molar-refractivity contribution in [1.29, 1.82) is 0 Å². The van der Waals surface area contributed by atoms with Crippen molar-refractivity contribution in [3.8, 4) is 22.4 Å². The van der Waals surface area contributed by atoms with Gasteiger partial charge in [0.15, 0.2) is 5.82 Å². The zero-order valence-corrected chi connectivity index (χ0v) is 22.5. The first kappa shape index (κ1) is 25.0. The lowest BCUT2D eigenvalue weighted by atomic mass is 9.95. The van der Waals surface area contributed by atoms with E-state index in [1.54, 1.807) is 4.90 Å². The lowest BCUT2D eigenvalue weighted by Gasteiger charge is -2.41. The third-order valence-electron chi connectivity index (χ3n) is 9.04. The number of carboxylic acid groups (broad SMARTS) is 1. The number of benzene rings is 1. The van der Waals surface area contributed by atoms with Crippen molar-refractivity contribution in [2.45, 2.75) is 75.7 Å². The van der Waals surface area contributed by atoms with Gasteiger partial charge in [-0.1, -0.05) is 12.1 Å². The Morgan fingerprint density at radius 3 is 2.58 bits per heavy atom. The molecule has 40 heavy (non-hydrogen) atoms. The first-order valence-electron chi connectivity index (χ1n) is 14.2. The van der Waals surface area contributed by atoms with Crippen LogP contribution in [-0.4, -0.2) is 73.8 Å². The highest BCUT2D eigenvalue weighted by Crippen LogP contribution is 2.41. The number of hydrogen-bond acceptors (Lipinski definition) is 7. The molecule has 3 saturated heterocycles. The number of fused-ring (bicyclic) bond motifs is 3. The van der Waals surface area contributed by atoms with Crippen LogP contribution in [-0.2, 0) is 16.0 Å². The van der Waals surface area contributed by atoms with Crippen molar-refractivity contribution in [3.05, 3.63) is 42.2 Å². The second-order valence-electron chi connectivity index (χ2n) is 11.4. The average molecular weight is 544 g/mol. The Bertz CT molecular complexity index is 1440. The van der Waals surface area contributed by atoms with E-state index in [-0.39, 0.29) is 30.3 Å². The Labute approximate surface area is 232 Å². The average Bonchev–Trinajstić information content (AvgIpc) is 3.68. The maximum absolute atomic E-state index is 12.5. The summed E-state index contributed by atoms with van der Waals surface area (Å²) in [4.78, 5) is 28.0. The van der Waals surface area contributed by atoms with Crippen molar-refractivity contribution in [2.24, 2.45) is 0 Å². The van der Waals surface area contributed by atoms with Crippen LogP contribution in [0.5, 0.6) is 0 Å². The van der Waals surface area contributed by atoms with Crippen molar-refractivity contribution < 1.29 is 19.4 Å². The lowest BCUT2D eigenvalue weighted by Crippen LogP contribution is -2.51. The van der Waals surface area contributed by atoms with Crippen LogP contribution in [0.4, 0.5) is 16.3 Å². The number of piperidine rings is 1. The van der Waals surface area contributed by atoms with Crippen LogP contribution >= 0.6 is 0 Å². The van der Waals surface area contributed by atoms with Crippen molar-refractivity contribution in [2.75, 3.05) is 23.9 Å². The minimum atomic E-state index is -0.810. The van der Waals surface area contributed by atoms with Gasteiger partial charge in [0.2, 0.25) is 5.91 Å². The van der Waals surface area contributed by atoms with Crippen LogP contribution < -0.4 is 10.2 Å². The van der Waals surface area contributed by atoms with Gasteiger partial charge in [-0.3, -0.25) is 4.79 Å². The Morgan fingerprint density at radius 1 is 1.07 bits per heavy atom. The Balaban J connectivity index is 1.12. The van der Waals surface area contributed by atoms with Gasteiger partial charge in [0.25, 0.3) is 0 Å². The molecule has 4 aliphatic heterocycles. The van der Waals surface area contributed by atoms with E-state index in [0.29, 0.717) is 12.1 Å². The molecule has 3 unspecified atom stereocenters. The zero-order valence-electron chi connectivity index (χ0n) is 22.5. The minimum Gasteiger partial charge on any atom is -0.465 e. The van der Waals surface area contributed by atoms with E-state index >= 15 is 0 Å². The van der Waals surface area contributed by atoms with E-state index in [1.165, 1.54) is 0 Å². The first-order valence-corrected chi connectivity index (χ1v) is 14.2. The summed E-state index contributed by atoms with van der Waals surface area (Å²) < 4.78 is 7.77. The molecule has 3 aromatic rings. The normalized spacial score (nSPS) is 25.5. The van der Waals surface area contributed by atoms with E-state index in [9.17, 15) is 14.7 Å². The number of rotatable bonds is 5. The smallest absolute Gasteiger partial charge is 0.407 e. The molecule has 2 amide bonds. The Morgan fingerprint density at radius 2 is 1.88 bits per heavy atom. The largest absolute Gasteiger partial charge is 0.465 e. The number of anilines is 2. The van der Waals surface area contributed by atoms with Gasteiger partial charge in [0.05, 0.1) is 24.0 Å². The van der Waals surface area contributed by atoms with Crippen molar-refractivity contribution >= 4 is 23.5 Å². The molecule has 6 heterocycles. The molecule has 11 heteroatoms. The molecule has 11 nitrogen and oxygen atoms in total. The summed E-state index contributed by atoms with van der Waals surface area (Å²) in [7, 11) is 2.01. The number of amides is 2. The van der Waals surface area contributed by atoms with Crippen LogP contribution in [0.2, 0.25) is 0 Å². The van der Waals surface area contributed by atoms with Gasteiger partial charge in [0.1, 0.15) is 6.23 Å². The van der Waals surface area contributed by atoms with Gasteiger partial charge in [-0.05, 0) is 68.2 Å². The van der Waals surface area contributed by atoms with Crippen LogP contribution in [0.1, 0.15) is 56.7 Å². The molecule has 2 N–H and O–H groups in total. The van der Waals surface area contributed by atoms with Crippen molar-refractivity contribution in [3.63, 3.8) is 0 Å². The standard InChI is InChI=1S/C29H33N7O4/c1-34(20-12-18-5-6-19(13-20)36(18)29(38)39)25-10-9-24(32-33-25)22-8-7-21(23-14-26(37)31-28(22)23)17-15-30-35(16-17)27-4-2-3-11-40-27/h7-10,15-16,18-20,27H,2-6,11-14H2,1H3,(H,31,37)(H,38,39). The molecule has 7 rings (SSSR count). The second-order valence-corrected chi connectivity index (χ2v) is 11.4. The molecule has 208 valence electrons. The van der Waals surface area contributed by atoms with Gasteiger partial charge in [-0.15, -0.1) is 10.2 Å². The fourth-order valence-corrected chi connectivity index (χ4v) is 6.99. The monoisotopic (exact) mass is 543 g/mol. The highest BCUT2D eigenvalue weighted by atomic mass is 16.5. The molecule has 0 aliphatic carbocycles. The van der Waals surface area contributed by atoms with Crippen molar-refractivity contribution in [1.82, 2.24) is 24.9 Å². The maximum Gasteiger partial charge on any atom is 0.407 e. The maximum atomic E-state index is 12.5. The fourth-order valence-electron chi connectivity index (χ4n) is 6.99. The van der Waals surface area contributed by atoms with Gasteiger partial charge < -0.3 is 25.0 Å². The number of nitrogens with zero attached hydrogens (tertiary/aromatic N) is 6. The summed E-state index contributed by atoms with van der Waals surface area (Å²) in [6.07, 6.45) is 9.90. The molecule has 3 atom stereocenters. The second kappa shape index (κ2) is 9.88. The van der Waals surface area contributed by atoms with Crippen LogP contribution in [0.25, 0.3) is 22.4 Å². The van der Waals surface area contributed by atoms with Crippen LogP contribution in [0.3, 0.4) is 0 Å². The summed E-state index contributed by atoms with van der Waals surface area (Å²) in [5.41, 5.74) is 5.18. The Kier molecular flexibility index (Phi) is 6.18. The summed E-state index contributed by atoms with van der Waals surface area (Å²) in [6.45, 7) is 0.753. The molecule has 0 saturated carbocycles. The Hall–Kier alpha value is -3.99. The fraction of sp³-hybridized carbons (Fsp3) is 0.483. The summed E-state index contributed by atoms with van der Waals surface area (Å²) in [5.74, 6) is 0.713. The number of aromatic nitrogens is 4. The molecule has 3 fully saturated rings. The van der Waals surface area contributed by atoms with E-state index < -0.39 is 6.09 Å². The molecule has 1 aromatic carbocycles. The van der Waals surface area contributed by atoms with Gasteiger partial charge in [-0.2, -0.15) is 5.10 Å². The first-order chi connectivity index (χ1) is 19.5. The van der Waals surface area contributed by atoms with Crippen LogP contribution in [0, 0.1) is 0 Å². The predicted molar refractivity (Wildman–Crippen MR) is 148 cm³/mol. The van der Waals surface area contributed by atoms with Gasteiger partial charge in [-0.25, -0.2) is 9.48 Å². The molecule has 2 bridgehead atoms. The molecule has 4 aliphatic rings. The van der Waals surface area contributed by atoms with E-state index in [4.69, 9.17) is 4.74 Å². The highest BCUT2D eigenvalue weighted by molar-refractivity contribution is 6.06. The minimum absolute atomic E-state index is 0.0404. The van der Waals surface area contributed by atoms with Gasteiger partial charge >= 0.3 is 6.09 Å². The van der Waals surface area contributed by atoms with Crippen LogP contribution in [0.15, 0.2) is 36.7 Å². The molecule has 2 aromatic heterocycles. The molecular formula is C29H33N7O4. The third kappa shape index (κ3) is 4.28. The summed E-state index contributed by atoms with van der Waals surface area (Å²) in [6, 6.07) is 8.28. The highest BCUT2D eigenvalue weighted by Gasteiger charge is 2.44. The number of ether oxygens (including phenoxy) is 1. The van der Waals surface area contributed by atoms with E-state index in [0.717, 1.165) is 85.3 Å². The number of hydrogen-bond donors (Lipinski definition) is 2.